The van der Waals surface area contributed by atoms with Gasteiger partial charge in [-0.15, -0.1) is 0 Å². The third kappa shape index (κ3) is 5.06. The van der Waals surface area contributed by atoms with E-state index in [2.05, 4.69) is 0 Å². The summed E-state index contributed by atoms with van der Waals surface area (Å²) in [6, 6.07) is 16.8. The lowest BCUT2D eigenvalue weighted by Gasteiger charge is -2.44. The number of benzene rings is 2. The number of rotatable bonds is 11. The minimum absolute atomic E-state index is 0.0829. The van der Waals surface area contributed by atoms with Crippen LogP contribution in [0.4, 0.5) is 0 Å². The molecule has 0 saturated heterocycles. The molecule has 8 heteroatoms. The first kappa shape index (κ1) is 23.6. The Hall–Kier alpha value is -2.71. The van der Waals surface area contributed by atoms with E-state index in [0.29, 0.717) is 17.5 Å². The fourth-order valence-electron chi connectivity index (χ4n) is 3.91. The largest absolute Gasteiger partial charge is 0.480 e. The maximum atomic E-state index is 12.6. The van der Waals surface area contributed by atoms with E-state index in [1.54, 1.807) is 67.6 Å². The molecule has 0 unspecified atom stereocenters. The van der Waals surface area contributed by atoms with Crippen molar-refractivity contribution in [2.45, 2.75) is 38.2 Å². The van der Waals surface area contributed by atoms with Gasteiger partial charge in [0, 0.05) is 12.8 Å². The number of carboxylic acid groups (broad SMARTS) is 2. The quantitative estimate of drug-likeness (QED) is 0.412. The fourth-order valence-corrected chi connectivity index (χ4v) is 4.77. The lowest BCUT2D eigenvalue weighted by molar-refractivity contribution is -0.183. The van der Waals surface area contributed by atoms with Gasteiger partial charge in [0.1, 0.15) is 5.60 Å². The standard InChI is InChI=1S/C22H26O7S/c1-3-14-21(29-30(2,27)28,15-17-10-6-4-7-11-17)22(19(23)24,20(25)26)16-18-12-8-5-9-13-18/h4-13H,3,14-16H2,1-2H3,(H,23,24)(H,25,26)/t21-/m1/s1. The molecule has 0 heterocycles. The maximum Gasteiger partial charge on any atom is 0.324 e. The SMILES string of the molecule is CCC[C@](Cc1ccccc1)(OS(C)(=O)=O)C(Cc1ccccc1)(C(=O)O)C(=O)O. The summed E-state index contributed by atoms with van der Waals surface area (Å²) in [7, 11) is -4.19. The molecule has 7 nitrogen and oxygen atoms in total. The number of hydrogen-bond donors (Lipinski definition) is 2. The summed E-state index contributed by atoms with van der Waals surface area (Å²) in [4.78, 5) is 25.2. The van der Waals surface area contributed by atoms with Crippen LogP contribution in [0.1, 0.15) is 30.9 Å². The van der Waals surface area contributed by atoms with Crippen LogP contribution in [0.15, 0.2) is 60.7 Å². The second-order valence-corrected chi connectivity index (χ2v) is 8.95. The summed E-state index contributed by atoms with van der Waals surface area (Å²) in [5, 5.41) is 20.5. The normalized spacial score (nSPS) is 14.1. The first-order valence-corrected chi connectivity index (χ1v) is 11.3. The Labute approximate surface area is 176 Å². The van der Waals surface area contributed by atoms with E-state index < -0.39 is 39.5 Å². The molecule has 0 aliphatic heterocycles. The second-order valence-electron chi connectivity index (χ2n) is 7.37. The van der Waals surface area contributed by atoms with Gasteiger partial charge in [0.15, 0.2) is 5.41 Å². The van der Waals surface area contributed by atoms with Gasteiger partial charge in [0.2, 0.25) is 0 Å². The monoisotopic (exact) mass is 434 g/mol. The van der Waals surface area contributed by atoms with Crippen molar-refractivity contribution in [3.63, 3.8) is 0 Å². The highest BCUT2D eigenvalue weighted by molar-refractivity contribution is 7.86. The van der Waals surface area contributed by atoms with E-state index in [-0.39, 0.29) is 12.8 Å². The van der Waals surface area contributed by atoms with Gasteiger partial charge in [0.05, 0.1) is 6.26 Å². The van der Waals surface area contributed by atoms with E-state index in [9.17, 15) is 28.2 Å². The van der Waals surface area contributed by atoms with Gasteiger partial charge in [0.25, 0.3) is 10.1 Å². The minimum atomic E-state index is -4.19. The summed E-state index contributed by atoms with van der Waals surface area (Å²) in [6.45, 7) is 1.72. The van der Waals surface area contributed by atoms with Crippen LogP contribution in [-0.2, 0) is 36.7 Å². The van der Waals surface area contributed by atoms with Gasteiger partial charge in [-0.05, 0) is 17.5 Å². The number of aliphatic carboxylic acids is 2. The lowest BCUT2D eigenvalue weighted by atomic mass is 9.63. The zero-order valence-corrected chi connectivity index (χ0v) is 17.8. The van der Waals surface area contributed by atoms with Crippen LogP contribution in [0.25, 0.3) is 0 Å². The summed E-state index contributed by atoms with van der Waals surface area (Å²) in [6.07, 6.45) is 0.417. The van der Waals surface area contributed by atoms with Gasteiger partial charge in [-0.2, -0.15) is 8.42 Å². The van der Waals surface area contributed by atoms with Crippen LogP contribution in [0.2, 0.25) is 0 Å². The Balaban J connectivity index is 2.81. The van der Waals surface area contributed by atoms with Crippen molar-refractivity contribution in [1.29, 1.82) is 0 Å². The highest BCUT2D eigenvalue weighted by atomic mass is 32.2. The van der Waals surface area contributed by atoms with Crippen molar-refractivity contribution >= 4 is 22.1 Å². The summed E-state index contributed by atoms with van der Waals surface area (Å²) >= 11 is 0. The molecule has 2 aromatic rings. The Kier molecular flexibility index (Phi) is 7.39. The lowest BCUT2D eigenvalue weighted by Crippen LogP contribution is -2.62. The van der Waals surface area contributed by atoms with Crippen molar-refractivity contribution in [3.05, 3.63) is 71.8 Å². The smallest absolute Gasteiger partial charge is 0.324 e. The van der Waals surface area contributed by atoms with Gasteiger partial charge >= 0.3 is 11.9 Å². The number of carboxylic acids is 2. The van der Waals surface area contributed by atoms with Crippen LogP contribution >= 0.6 is 0 Å². The van der Waals surface area contributed by atoms with Crippen molar-refractivity contribution in [3.8, 4) is 0 Å². The Morgan fingerprint density at radius 1 is 0.867 bits per heavy atom. The van der Waals surface area contributed by atoms with Crippen LogP contribution in [0.5, 0.6) is 0 Å². The average Bonchev–Trinajstić information content (AvgIpc) is 2.66. The Morgan fingerprint density at radius 3 is 1.67 bits per heavy atom. The first-order chi connectivity index (χ1) is 14.1. The van der Waals surface area contributed by atoms with Crippen LogP contribution in [0.3, 0.4) is 0 Å². The fraction of sp³-hybridized carbons (Fsp3) is 0.364. The van der Waals surface area contributed by atoms with Crippen molar-refractivity contribution in [2.24, 2.45) is 5.41 Å². The van der Waals surface area contributed by atoms with Crippen LogP contribution < -0.4 is 0 Å². The molecule has 2 rings (SSSR count). The molecule has 0 aliphatic carbocycles. The molecule has 0 amide bonds. The predicted octanol–water partition coefficient (Wildman–Crippen LogP) is 3.14. The molecular weight excluding hydrogens is 408 g/mol. The minimum Gasteiger partial charge on any atom is -0.480 e. The highest BCUT2D eigenvalue weighted by Crippen LogP contribution is 2.45. The molecule has 2 N–H and O–H groups in total. The van der Waals surface area contributed by atoms with Gasteiger partial charge in [-0.3, -0.25) is 13.8 Å². The molecule has 0 fully saturated rings. The Morgan fingerprint density at radius 2 is 1.30 bits per heavy atom. The predicted molar refractivity (Wildman–Crippen MR) is 112 cm³/mol. The molecule has 0 saturated carbocycles. The summed E-state index contributed by atoms with van der Waals surface area (Å²) < 4.78 is 29.9. The van der Waals surface area contributed by atoms with Crippen molar-refractivity contribution in [2.75, 3.05) is 6.26 Å². The average molecular weight is 435 g/mol. The molecule has 0 radical (unpaired) electrons. The van der Waals surface area contributed by atoms with Crippen molar-refractivity contribution in [1.82, 2.24) is 0 Å². The van der Waals surface area contributed by atoms with Gasteiger partial charge < -0.3 is 10.2 Å². The third-order valence-electron chi connectivity index (χ3n) is 5.12. The Bertz CT molecular complexity index is 957. The molecule has 2 aromatic carbocycles. The zero-order valence-electron chi connectivity index (χ0n) is 16.9. The topological polar surface area (TPSA) is 118 Å². The summed E-state index contributed by atoms with van der Waals surface area (Å²) in [5.74, 6) is -3.29. The van der Waals surface area contributed by atoms with E-state index in [1.165, 1.54) is 0 Å². The van der Waals surface area contributed by atoms with Crippen molar-refractivity contribution < 1.29 is 32.4 Å². The zero-order chi connectivity index (χ0) is 22.4. The van der Waals surface area contributed by atoms with E-state index in [1.807, 2.05) is 0 Å². The molecule has 0 aromatic heterocycles. The maximum absolute atomic E-state index is 12.6. The molecule has 0 bridgehead atoms. The number of carbonyl (C=O) groups is 2. The molecule has 30 heavy (non-hydrogen) atoms. The third-order valence-corrected chi connectivity index (χ3v) is 5.74. The van der Waals surface area contributed by atoms with Crippen LogP contribution in [-0.4, -0.2) is 42.4 Å². The molecule has 1 atom stereocenters. The summed E-state index contributed by atoms with van der Waals surface area (Å²) in [5.41, 5.74) is -3.55. The van der Waals surface area contributed by atoms with Gasteiger partial charge in [-0.25, -0.2) is 0 Å². The number of hydrogen-bond acceptors (Lipinski definition) is 5. The van der Waals surface area contributed by atoms with E-state index in [0.717, 1.165) is 6.26 Å². The molecular formula is C22H26O7S. The van der Waals surface area contributed by atoms with Gasteiger partial charge in [-0.1, -0.05) is 74.0 Å². The second kappa shape index (κ2) is 9.40. The molecule has 162 valence electrons. The molecule has 0 aliphatic rings. The highest BCUT2D eigenvalue weighted by Gasteiger charge is 2.64. The first-order valence-electron chi connectivity index (χ1n) is 9.51. The van der Waals surface area contributed by atoms with Crippen LogP contribution in [0, 0.1) is 5.41 Å². The van der Waals surface area contributed by atoms with E-state index >= 15 is 0 Å². The van der Waals surface area contributed by atoms with E-state index in [4.69, 9.17) is 4.18 Å². The molecule has 0 spiro atoms.